The molecule has 0 bridgehead atoms. The fourth-order valence-electron chi connectivity index (χ4n) is 1.04. The number of carbonyl (C=O) groups is 3. The van der Waals surface area contributed by atoms with Crippen LogP contribution in [0.1, 0.15) is 27.7 Å². The van der Waals surface area contributed by atoms with Crippen LogP contribution in [0.5, 0.6) is 0 Å². The van der Waals surface area contributed by atoms with Gasteiger partial charge in [0.25, 0.3) is 0 Å². The number of ether oxygens (including phenoxy) is 1. The van der Waals surface area contributed by atoms with Crippen LogP contribution in [0.4, 0.5) is 0 Å². The Balaban J connectivity index is 4.10. The lowest BCUT2D eigenvalue weighted by atomic mass is 9.96. The van der Waals surface area contributed by atoms with Crippen LogP contribution in [0, 0.1) is 5.41 Å². The van der Waals surface area contributed by atoms with Gasteiger partial charge in [-0.2, -0.15) is 0 Å². The molecule has 0 radical (unpaired) electrons. The molecule has 2 amide bonds. The second-order valence-electron chi connectivity index (χ2n) is 4.99. The zero-order valence-electron chi connectivity index (χ0n) is 11.7. The van der Waals surface area contributed by atoms with Gasteiger partial charge in [-0.05, 0) is 6.92 Å². The van der Waals surface area contributed by atoms with E-state index in [4.69, 9.17) is 4.74 Å². The fourth-order valence-corrected chi connectivity index (χ4v) is 1.04. The van der Waals surface area contributed by atoms with Crippen LogP contribution in [0.3, 0.4) is 0 Å². The number of amides is 2. The normalized spacial score (nSPS) is 10.7. The lowest BCUT2D eigenvalue weighted by molar-refractivity contribution is -0.148. The third-order valence-electron chi connectivity index (χ3n) is 2.18. The van der Waals surface area contributed by atoms with Crippen molar-refractivity contribution < 1.29 is 19.1 Å². The predicted octanol–water partition coefficient (Wildman–Crippen LogP) is 0.170. The third kappa shape index (κ3) is 6.22. The van der Waals surface area contributed by atoms with Crippen LogP contribution >= 0.6 is 0 Å². The van der Waals surface area contributed by atoms with E-state index < -0.39 is 11.4 Å². The molecular weight excluding hydrogens is 236 g/mol. The van der Waals surface area contributed by atoms with E-state index in [1.54, 1.807) is 27.7 Å². The minimum absolute atomic E-state index is 0.113. The topological polar surface area (TPSA) is 75.7 Å². The molecular formula is C12H22N2O4. The zero-order valence-corrected chi connectivity index (χ0v) is 11.7. The Labute approximate surface area is 108 Å². The highest BCUT2D eigenvalue weighted by atomic mass is 16.5. The summed E-state index contributed by atoms with van der Waals surface area (Å²) in [7, 11) is 1.49. The van der Waals surface area contributed by atoms with E-state index in [-0.39, 0.29) is 31.5 Å². The van der Waals surface area contributed by atoms with Gasteiger partial charge in [-0.15, -0.1) is 0 Å². The van der Waals surface area contributed by atoms with E-state index in [9.17, 15) is 14.4 Å². The number of nitrogens with zero attached hydrogens (tertiary/aromatic N) is 1. The number of hydrogen-bond donors (Lipinski definition) is 1. The summed E-state index contributed by atoms with van der Waals surface area (Å²) in [5.74, 6) is -1.00. The second kappa shape index (κ2) is 6.98. The summed E-state index contributed by atoms with van der Waals surface area (Å²) >= 11 is 0. The lowest BCUT2D eigenvalue weighted by Gasteiger charge is -2.20. The Hall–Kier alpha value is -1.59. The molecule has 18 heavy (non-hydrogen) atoms. The molecule has 0 aliphatic rings. The smallest absolute Gasteiger partial charge is 0.325 e. The summed E-state index contributed by atoms with van der Waals surface area (Å²) in [4.78, 5) is 35.5. The predicted molar refractivity (Wildman–Crippen MR) is 66.7 cm³/mol. The van der Waals surface area contributed by atoms with Crippen LogP contribution < -0.4 is 5.32 Å². The molecule has 0 aromatic heterocycles. The zero-order chi connectivity index (χ0) is 14.3. The maximum Gasteiger partial charge on any atom is 0.325 e. The Morgan fingerprint density at radius 3 is 2.22 bits per heavy atom. The van der Waals surface area contributed by atoms with Crippen molar-refractivity contribution in [2.75, 3.05) is 26.7 Å². The van der Waals surface area contributed by atoms with Gasteiger partial charge in [0, 0.05) is 12.5 Å². The van der Waals surface area contributed by atoms with E-state index in [2.05, 4.69) is 5.32 Å². The van der Waals surface area contributed by atoms with Crippen molar-refractivity contribution in [1.29, 1.82) is 0 Å². The van der Waals surface area contributed by atoms with Gasteiger partial charge in [0.05, 0.1) is 13.2 Å². The molecule has 0 fully saturated rings. The fraction of sp³-hybridized carbons (Fsp3) is 0.750. The Kier molecular flexibility index (Phi) is 6.36. The van der Waals surface area contributed by atoms with Gasteiger partial charge >= 0.3 is 5.97 Å². The molecule has 0 saturated heterocycles. The van der Waals surface area contributed by atoms with Gasteiger partial charge in [0.2, 0.25) is 11.8 Å². The minimum atomic E-state index is -0.542. The van der Waals surface area contributed by atoms with Crippen LogP contribution in [0.25, 0.3) is 0 Å². The van der Waals surface area contributed by atoms with E-state index in [0.717, 1.165) is 0 Å². The Morgan fingerprint density at radius 2 is 1.78 bits per heavy atom. The molecule has 0 rings (SSSR count). The van der Waals surface area contributed by atoms with Crippen molar-refractivity contribution in [3.8, 4) is 0 Å². The molecule has 0 spiro atoms. The number of esters is 1. The molecule has 6 nitrogen and oxygen atoms in total. The molecule has 0 aliphatic carbocycles. The van der Waals surface area contributed by atoms with Gasteiger partial charge in [0.15, 0.2) is 0 Å². The van der Waals surface area contributed by atoms with E-state index in [1.165, 1.54) is 11.9 Å². The van der Waals surface area contributed by atoms with Crippen LogP contribution in [-0.4, -0.2) is 49.4 Å². The highest BCUT2D eigenvalue weighted by Gasteiger charge is 2.22. The molecule has 1 N–H and O–H groups in total. The molecule has 104 valence electrons. The van der Waals surface area contributed by atoms with E-state index in [0.29, 0.717) is 0 Å². The van der Waals surface area contributed by atoms with Crippen molar-refractivity contribution in [3.05, 3.63) is 0 Å². The van der Waals surface area contributed by atoms with E-state index in [1.807, 2.05) is 0 Å². The summed E-state index contributed by atoms with van der Waals surface area (Å²) in [6.45, 7) is 7.02. The lowest BCUT2D eigenvalue weighted by Crippen LogP contribution is -2.43. The summed E-state index contributed by atoms with van der Waals surface area (Å²) in [5.41, 5.74) is -0.542. The average molecular weight is 258 g/mol. The molecule has 0 atom stereocenters. The van der Waals surface area contributed by atoms with Crippen LogP contribution in [0.2, 0.25) is 0 Å². The summed E-state index contributed by atoms with van der Waals surface area (Å²) in [6.07, 6.45) is 0. The highest BCUT2D eigenvalue weighted by molar-refractivity contribution is 5.88. The van der Waals surface area contributed by atoms with Gasteiger partial charge in [-0.25, -0.2) is 0 Å². The Morgan fingerprint density at radius 1 is 1.22 bits per heavy atom. The number of nitrogens with one attached hydrogen (secondary N) is 1. The van der Waals surface area contributed by atoms with E-state index >= 15 is 0 Å². The van der Waals surface area contributed by atoms with Gasteiger partial charge in [0.1, 0.15) is 6.54 Å². The monoisotopic (exact) mass is 258 g/mol. The summed E-state index contributed by atoms with van der Waals surface area (Å²) < 4.78 is 4.72. The van der Waals surface area contributed by atoms with Gasteiger partial charge in [-0.1, -0.05) is 20.8 Å². The first kappa shape index (κ1) is 16.4. The van der Waals surface area contributed by atoms with Crippen molar-refractivity contribution in [3.63, 3.8) is 0 Å². The second-order valence-corrected chi connectivity index (χ2v) is 4.99. The largest absolute Gasteiger partial charge is 0.465 e. The number of hydrogen-bond acceptors (Lipinski definition) is 4. The summed E-state index contributed by atoms with van der Waals surface area (Å²) in [5, 5.41) is 2.53. The maximum absolute atomic E-state index is 11.6. The van der Waals surface area contributed by atoms with Gasteiger partial charge in [-0.3, -0.25) is 14.4 Å². The van der Waals surface area contributed by atoms with Gasteiger partial charge < -0.3 is 15.0 Å². The maximum atomic E-state index is 11.6. The molecule has 0 aromatic carbocycles. The van der Waals surface area contributed by atoms with Crippen LogP contribution in [-0.2, 0) is 19.1 Å². The number of carbonyl (C=O) groups excluding carboxylic acids is 3. The molecule has 6 heteroatoms. The third-order valence-corrected chi connectivity index (χ3v) is 2.18. The molecule has 0 aromatic rings. The molecule has 0 saturated carbocycles. The standard InChI is InChI=1S/C12H22N2O4/c1-6-18-10(16)8-14(5)9(15)7-13-11(17)12(2,3)4/h6-8H2,1-5H3,(H,13,17). The first-order chi connectivity index (χ1) is 8.18. The van der Waals surface area contributed by atoms with Crippen molar-refractivity contribution >= 4 is 17.8 Å². The SMILES string of the molecule is CCOC(=O)CN(C)C(=O)CNC(=O)C(C)(C)C. The van der Waals surface area contributed by atoms with Crippen LogP contribution in [0.15, 0.2) is 0 Å². The highest BCUT2D eigenvalue weighted by Crippen LogP contribution is 2.11. The first-order valence-corrected chi connectivity index (χ1v) is 5.86. The number of rotatable bonds is 5. The summed E-state index contributed by atoms with van der Waals surface area (Å²) in [6, 6.07) is 0. The Bertz CT molecular complexity index is 321. The molecule has 0 unspecified atom stereocenters. The number of likely N-dealkylation sites (N-methyl/N-ethyl adjacent to an activating group) is 1. The quantitative estimate of drug-likeness (QED) is 0.713. The molecule has 0 heterocycles. The van der Waals surface area contributed by atoms with Crippen molar-refractivity contribution in [2.45, 2.75) is 27.7 Å². The minimum Gasteiger partial charge on any atom is -0.465 e. The van der Waals surface area contributed by atoms with Crippen molar-refractivity contribution in [2.24, 2.45) is 5.41 Å². The van der Waals surface area contributed by atoms with Crippen molar-refractivity contribution in [1.82, 2.24) is 10.2 Å². The molecule has 0 aliphatic heterocycles. The first-order valence-electron chi connectivity index (χ1n) is 5.86. The average Bonchev–Trinajstić information content (AvgIpc) is 2.23.